The van der Waals surface area contributed by atoms with Crippen molar-refractivity contribution in [3.8, 4) is 0 Å². The summed E-state index contributed by atoms with van der Waals surface area (Å²) in [4.78, 5) is 10.3. The Morgan fingerprint density at radius 3 is 2.20 bits per heavy atom. The van der Waals surface area contributed by atoms with Crippen LogP contribution in [0.25, 0.3) is 0 Å². The minimum atomic E-state index is -0.105. The molecule has 0 amide bonds. The standard InChI is InChI=1S/C6H12O2.2ClH/c1-3-4-5-6(7)8-2;;/h3-5H2,1-2H3;2*1H. The third kappa shape index (κ3) is 10.9. The van der Waals surface area contributed by atoms with Crippen molar-refractivity contribution in [1.82, 2.24) is 0 Å². The lowest BCUT2D eigenvalue weighted by atomic mass is 10.3. The summed E-state index contributed by atoms with van der Waals surface area (Å²) in [7, 11) is 1.41. The van der Waals surface area contributed by atoms with Crippen LogP contribution in [0.4, 0.5) is 0 Å². The average molecular weight is 189 g/mol. The summed E-state index contributed by atoms with van der Waals surface area (Å²) in [6, 6.07) is 0. The second-order valence-corrected chi connectivity index (χ2v) is 1.68. The molecule has 0 unspecified atom stereocenters. The van der Waals surface area contributed by atoms with Crippen LogP contribution in [-0.2, 0) is 9.53 Å². The lowest BCUT2D eigenvalue weighted by Gasteiger charge is -1.93. The van der Waals surface area contributed by atoms with Crippen LogP contribution in [0.5, 0.6) is 0 Å². The van der Waals surface area contributed by atoms with Gasteiger partial charge in [0.25, 0.3) is 0 Å². The first-order valence-corrected chi connectivity index (χ1v) is 2.88. The van der Waals surface area contributed by atoms with Crippen molar-refractivity contribution in [2.75, 3.05) is 7.11 Å². The van der Waals surface area contributed by atoms with E-state index in [0.29, 0.717) is 6.42 Å². The highest BCUT2D eigenvalue weighted by Crippen LogP contribution is 1.94. The van der Waals surface area contributed by atoms with Gasteiger partial charge in [0.15, 0.2) is 0 Å². The molecule has 10 heavy (non-hydrogen) atoms. The van der Waals surface area contributed by atoms with E-state index >= 15 is 0 Å². The van der Waals surface area contributed by atoms with Crippen molar-refractivity contribution < 1.29 is 9.53 Å². The van der Waals surface area contributed by atoms with E-state index in [2.05, 4.69) is 4.74 Å². The van der Waals surface area contributed by atoms with E-state index in [0.717, 1.165) is 12.8 Å². The van der Waals surface area contributed by atoms with E-state index in [9.17, 15) is 4.79 Å². The fraction of sp³-hybridized carbons (Fsp3) is 0.833. The molecule has 0 aromatic rings. The zero-order valence-electron chi connectivity index (χ0n) is 6.25. The molecule has 0 radical (unpaired) electrons. The number of hydrogen-bond donors (Lipinski definition) is 0. The number of ether oxygens (including phenoxy) is 1. The van der Waals surface area contributed by atoms with Crippen LogP contribution in [0.1, 0.15) is 26.2 Å². The van der Waals surface area contributed by atoms with Gasteiger partial charge < -0.3 is 4.74 Å². The van der Waals surface area contributed by atoms with Crippen molar-refractivity contribution in [2.45, 2.75) is 26.2 Å². The normalized spacial score (nSPS) is 7.00. The van der Waals surface area contributed by atoms with E-state index in [1.807, 2.05) is 6.92 Å². The van der Waals surface area contributed by atoms with Gasteiger partial charge in [-0.1, -0.05) is 13.3 Å². The van der Waals surface area contributed by atoms with Gasteiger partial charge in [0.05, 0.1) is 7.11 Å². The van der Waals surface area contributed by atoms with Gasteiger partial charge in [-0.25, -0.2) is 0 Å². The molecule has 0 heterocycles. The molecule has 2 nitrogen and oxygen atoms in total. The van der Waals surface area contributed by atoms with Gasteiger partial charge in [0.2, 0.25) is 0 Å². The monoisotopic (exact) mass is 188 g/mol. The highest BCUT2D eigenvalue weighted by atomic mass is 35.5. The number of methoxy groups -OCH3 is 1. The molecular formula is C6H14Cl2O2. The Kier molecular flexibility index (Phi) is 19.5. The summed E-state index contributed by atoms with van der Waals surface area (Å²) in [5.74, 6) is -0.105. The van der Waals surface area contributed by atoms with Crippen LogP contribution >= 0.6 is 24.8 Å². The van der Waals surface area contributed by atoms with E-state index in [4.69, 9.17) is 0 Å². The maximum Gasteiger partial charge on any atom is 0.305 e. The first-order valence-electron chi connectivity index (χ1n) is 2.88. The van der Waals surface area contributed by atoms with E-state index in [1.54, 1.807) is 0 Å². The molecule has 0 saturated carbocycles. The zero-order chi connectivity index (χ0) is 6.41. The van der Waals surface area contributed by atoms with Gasteiger partial charge in [-0.15, -0.1) is 24.8 Å². The molecule has 0 N–H and O–H groups in total. The highest BCUT2D eigenvalue weighted by Gasteiger charge is 1.95. The van der Waals surface area contributed by atoms with E-state index < -0.39 is 0 Å². The predicted molar refractivity (Wildman–Crippen MR) is 46.0 cm³/mol. The van der Waals surface area contributed by atoms with Gasteiger partial charge >= 0.3 is 5.97 Å². The third-order valence-corrected chi connectivity index (χ3v) is 0.962. The van der Waals surface area contributed by atoms with Crippen molar-refractivity contribution in [1.29, 1.82) is 0 Å². The van der Waals surface area contributed by atoms with Crippen LogP contribution in [0, 0.1) is 0 Å². The van der Waals surface area contributed by atoms with Gasteiger partial charge in [-0.05, 0) is 6.42 Å². The number of unbranched alkanes of at least 4 members (excludes halogenated alkanes) is 1. The maximum atomic E-state index is 10.3. The molecule has 64 valence electrons. The summed E-state index contributed by atoms with van der Waals surface area (Å²) < 4.78 is 4.41. The Morgan fingerprint density at radius 1 is 1.40 bits per heavy atom. The molecule has 0 aliphatic rings. The van der Waals surface area contributed by atoms with Crippen LogP contribution in [-0.4, -0.2) is 13.1 Å². The molecule has 0 aliphatic heterocycles. The molecule has 4 heteroatoms. The summed E-state index contributed by atoms with van der Waals surface area (Å²) in [5.41, 5.74) is 0. The van der Waals surface area contributed by atoms with Crippen LogP contribution in [0.3, 0.4) is 0 Å². The first kappa shape index (κ1) is 16.6. The predicted octanol–water partition coefficient (Wildman–Crippen LogP) is 2.19. The minimum absolute atomic E-state index is 0. The number of hydrogen-bond acceptors (Lipinski definition) is 2. The molecule has 0 aliphatic carbocycles. The zero-order valence-corrected chi connectivity index (χ0v) is 7.89. The van der Waals surface area contributed by atoms with Gasteiger partial charge in [0.1, 0.15) is 0 Å². The van der Waals surface area contributed by atoms with Crippen LogP contribution in [0.2, 0.25) is 0 Å². The Balaban J connectivity index is -0.000000245. The van der Waals surface area contributed by atoms with Crippen molar-refractivity contribution >= 4 is 30.8 Å². The highest BCUT2D eigenvalue weighted by molar-refractivity contribution is 5.85. The average Bonchev–Trinajstić information content (AvgIpc) is 1.83. The molecule has 0 aromatic carbocycles. The number of carbonyl (C=O) groups is 1. The Hall–Kier alpha value is 0.0500. The van der Waals surface area contributed by atoms with Crippen molar-refractivity contribution in [2.24, 2.45) is 0 Å². The van der Waals surface area contributed by atoms with E-state index in [1.165, 1.54) is 7.11 Å². The molecule has 0 saturated heterocycles. The Labute approximate surface area is 74.1 Å². The number of halogens is 2. The second kappa shape index (κ2) is 11.8. The minimum Gasteiger partial charge on any atom is -0.469 e. The third-order valence-electron chi connectivity index (χ3n) is 0.962. The first-order chi connectivity index (χ1) is 3.81. The maximum absolute atomic E-state index is 10.3. The SMILES string of the molecule is CCCCC(=O)OC.Cl.Cl. The lowest BCUT2D eigenvalue weighted by molar-refractivity contribution is -0.140. The van der Waals surface area contributed by atoms with Gasteiger partial charge in [-0.3, -0.25) is 4.79 Å². The molecule has 0 fully saturated rings. The Bertz CT molecular complexity index is 76.1. The summed E-state index contributed by atoms with van der Waals surface area (Å²) in [5, 5.41) is 0. The largest absolute Gasteiger partial charge is 0.469 e. The summed E-state index contributed by atoms with van der Waals surface area (Å²) in [6.45, 7) is 2.04. The second-order valence-electron chi connectivity index (χ2n) is 1.68. The molecule has 0 bridgehead atoms. The van der Waals surface area contributed by atoms with Crippen molar-refractivity contribution in [3.05, 3.63) is 0 Å². The van der Waals surface area contributed by atoms with Gasteiger partial charge in [0, 0.05) is 6.42 Å². The topological polar surface area (TPSA) is 26.3 Å². The number of esters is 1. The van der Waals surface area contributed by atoms with Gasteiger partial charge in [-0.2, -0.15) is 0 Å². The smallest absolute Gasteiger partial charge is 0.305 e. The molecular weight excluding hydrogens is 175 g/mol. The molecule has 0 atom stereocenters. The molecule has 0 rings (SSSR count). The number of rotatable bonds is 3. The summed E-state index contributed by atoms with van der Waals surface area (Å²) >= 11 is 0. The summed E-state index contributed by atoms with van der Waals surface area (Å²) in [6.07, 6.45) is 2.55. The fourth-order valence-electron chi connectivity index (χ4n) is 0.423. The molecule has 0 aromatic heterocycles. The van der Waals surface area contributed by atoms with Crippen molar-refractivity contribution in [3.63, 3.8) is 0 Å². The number of carbonyl (C=O) groups excluding carboxylic acids is 1. The Morgan fingerprint density at radius 2 is 1.90 bits per heavy atom. The van der Waals surface area contributed by atoms with E-state index in [-0.39, 0.29) is 30.8 Å². The van der Waals surface area contributed by atoms with Crippen LogP contribution in [0.15, 0.2) is 0 Å². The fourth-order valence-corrected chi connectivity index (χ4v) is 0.423. The molecule has 0 spiro atoms. The lowest BCUT2D eigenvalue weighted by Crippen LogP contribution is -1.98. The quantitative estimate of drug-likeness (QED) is 0.636. The van der Waals surface area contributed by atoms with Crippen LogP contribution < -0.4 is 0 Å².